The summed E-state index contributed by atoms with van der Waals surface area (Å²) in [5, 5.41) is 0.529. The SMILES string of the molecule is Cc1ccc(-c2ccnc(Cl)c2)n1CCc1ccccc1. The third-order valence-corrected chi connectivity index (χ3v) is 3.89. The molecule has 2 heterocycles. The summed E-state index contributed by atoms with van der Waals surface area (Å²) in [4.78, 5) is 4.05. The molecule has 0 amide bonds. The number of aromatic nitrogens is 2. The number of hydrogen-bond donors (Lipinski definition) is 0. The first kappa shape index (κ1) is 13.9. The van der Waals surface area contributed by atoms with E-state index in [1.807, 2.05) is 12.1 Å². The molecule has 0 bridgehead atoms. The van der Waals surface area contributed by atoms with Gasteiger partial charge in [0.2, 0.25) is 0 Å². The smallest absolute Gasteiger partial charge is 0.129 e. The first-order chi connectivity index (χ1) is 10.2. The van der Waals surface area contributed by atoms with E-state index in [4.69, 9.17) is 11.6 Å². The largest absolute Gasteiger partial charge is 0.345 e. The van der Waals surface area contributed by atoms with Gasteiger partial charge in [0.15, 0.2) is 0 Å². The van der Waals surface area contributed by atoms with E-state index >= 15 is 0 Å². The van der Waals surface area contributed by atoms with Crippen LogP contribution >= 0.6 is 11.6 Å². The van der Waals surface area contributed by atoms with Crippen LogP contribution in [-0.2, 0) is 13.0 Å². The van der Waals surface area contributed by atoms with Crippen LogP contribution in [0.1, 0.15) is 11.3 Å². The Bertz CT molecular complexity index is 732. The van der Waals surface area contributed by atoms with Crippen molar-refractivity contribution in [2.45, 2.75) is 19.9 Å². The molecule has 0 fully saturated rings. The van der Waals surface area contributed by atoms with Gasteiger partial charge in [0.25, 0.3) is 0 Å². The Balaban J connectivity index is 1.87. The monoisotopic (exact) mass is 296 g/mol. The molecular formula is C18H17ClN2. The van der Waals surface area contributed by atoms with Crippen molar-refractivity contribution in [3.63, 3.8) is 0 Å². The Hall–Kier alpha value is -2.06. The fraction of sp³-hybridized carbons (Fsp3) is 0.167. The minimum atomic E-state index is 0.529. The van der Waals surface area contributed by atoms with Gasteiger partial charge in [0.1, 0.15) is 5.15 Å². The van der Waals surface area contributed by atoms with Crippen molar-refractivity contribution in [3.8, 4) is 11.3 Å². The summed E-state index contributed by atoms with van der Waals surface area (Å²) in [7, 11) is 0. The first-order valence-corrected chi connectivity index (χ1v) is 7.44. The lowest BCUT2D eigenvalue weighted by molar-refractivity contribution is 0.688. The average Bonchev–Trinajstić information content (AvgIpc) is 2.87. The van der Waals surface area contributed by atoms with Crippen molar-refractivity contribution in [1.29, 1.82) is 0 Å². The van der Waals surface area contributed by atoms with E-state index in [0.29, 0.717) is 5.15 Å². The fourth-order valence-corrected chi connectivity index (χ4v) is 2.74. The van der Waals surface area contributed by atoms with Crippen LogP contribution in [0, 0.1) is 6.92 Å². The van der Waals surface area contributed by atoms with Crippen LogP contribution in [0.4, 0.5) is 0 Å². The molecule has 0 unspecified atom stereocenters. The summed E-state index contributed by atoms with van der Waals surface area (Å²) in [6.45, 7) is 3.09. The third kappa shape index (κ3) is 3.17. The standard InChI is InChI=1S/C18H17ClN2/c1-14-7-8-17(16-9-11-20-18(19)13-16)21(14)12-10-15-5-3-2-4-6-15/h2-9,11,13H,10,12H2,1H3. The van der Waals surface area contributed by atoms with E-state index in [-0.39, 0.29) is 0 Å². The lowest BCUT2D eigenvalue weighted by atomic mass is 10.1. The predicted octanol–water partition coefficient (Wildman–Crippen LogP) is 4.75. The second-order valence-corrected chi connectivity index (χ2v) is 5.50. The van der Waals surface area contributed by atoms with Gasteiger partial charge in [0, 0.05) is 29.7 Å². The van der Waals surface area contributed by atoms with Gasteiger partial charge >= 0.3 is 0 Å². The molecule has 0 saturated heterocycles. The van der Waals surface area contributed by atoms with Crippen molar-refractivity contribution >= 4 is 11.6 Å². The molecule has 2 aromatic heterocycles. The van der Waals surface area contributed by atoms with E-state index in [2.05, 4.69) is 58.9 Å². The Labute approximate surface area is 130 Å². The van der Waals surface area contributed by atoms with Gasteiger partial charge < -0.3 is 4.57 Å². The molecule has 0 radical (unpaired) electrons. The summed E-state index contributed by atoms with van der Waals surface area (Å²) < 4.78 is 2.33. The van der Waals surface area contributed by atoms with Crippen molar-refractivity contribution in [1.82, 2.24) is 9.55 Å². The quantitative estimate of drug-likeness (QED) is 0.635. The van der Waals surface area contributed by atoms with Crippen LogP contribution in [0.15, 0.2) is 60.8 Å². The number of rotatable bonds is 4. The topological polar surface area (TPSA) is 17.8 Å². The molecule has 21 heavy (non-hydrogen) atoms. The van der Waals surface area contributed by atoms with Gasteiger partial charge in [-0.1, -0.05) is 41.9 Å². The van der Waals surface area contributed by atoms with Crippen LogP contribution in [-0.4, -0.2) is 9.55 Å². The van der Waals surface area contributed by atoms with E-state index < -0.39 is 0 Å². The molecule has 0 aliphatic carbocycles. The maximum atomic E-state index is 6.01. The highest BCUT2D eigenvalue weighted by atomic mass is 35.5. The van der Waals surface area contributed by atoms with Crippen molar-refractivity contribution < 1.29 is 0 Å². The Morgan fingerprint density at radius 1 is 1.05 bits per heavy atom. The van der Waals surface area contributed by atoms with E-state index in [9.17, 15) is 0 Å². The van der Waals surface area contributed by atoms with Gasteiger partial charge in [0.05, 0.1) is 0 Å². The van der Waals surface area contributed by atoms with Crippen LogP contribution in [0.5, 0.6) is 0 Å². The summed E-state index contributed by atoms with van der Waals surface area (Å²) in [6, 6.07) is 18.8. The Morgan fingerprint density at radius 3 is 2.62 bits per heavy atom. The lowest BCUT2D eigenvalue weighted by Gasteiger charge is -2.12. The minimum absolute atomic E-state index is 0.529. The average molecular weight is 297 g/mol. The maximum Gasteiger partial charge on any atom is 0.129 e. The van der Waals surface area contributed by atoms with Gasteiger partial charge in [-0.3, -0.25) is 0 Å². The summed E-state index contributed by atoms with van der Waals surface area (Å²) >= 11 is 6.01. The van der Waals surface area contributed by atoms with Gasteiger partial charge in [-0.2, -0.15) is 0 Å². The van der Waals surface area contributed by atoms with Crippen LogP contribution in [0.25, 0.3) is 11.3 Å². The van der Waals surface area contributed by atoms with Gasteiger partial charge in [-0.05, 0) is 43.2 Å². The van der Waals surface area contributed by atoms with Crippen LogP contribution in [0.3, 0.4) is 0 Å². The second-order valence-electron chi connectivity index (χ2n) is 5.11. The highest BCUT2D eigenvalue weighted by molar-refractivity contribution is 6.29. The van der Waals surface area contributed by atoms with Gasteiger partial charge in [-0.15, -0.1) is 0 Å². The Morgan fingerprint density at radius 2 is 1.86 bits per heavy atom. The Kier molecular flexibility index (Phi) is 4.07. The molecule has 3 aromatic rings. The molecule has 1 aromatic carbocycles. The third-order valence-electron chi connectivity index (χ3n) is 3.69. The van der Waals surface area contributed by atoms with Crippen LogP contribution in [0.2, 0.25) is 5.15 Å². The summed E-state index contributed by atoms with van der Waals surface area (Å²) in [5.74, 6) is 0. The molecule has 0 spiro atoms. The zero-order valence-electron chi connectivity index (χ0n) is 12.0. The van der Waals surface area contributed by atoms with Crippen molar-refractivity contribution in [2.24, 2.45) is 0 Å². The second kappa shape index (κ2) is 6.15. The van der Waals surface area contributed by atoms with Gasteiger partial charge in [-0.25, -0.2) is 4.98 Å². The predicted molar refractivity (Wildman–Crippen MR) is 87.6 cm³/mol. The summed E-state index contributed by atoms with van der Waals surface area (Å²) in [6.07, 6.45) is 2.77. The van der Waals surface area contributed by atoms with E-state index in [0.717, 1.165) is 18.5 Å². The molecule has 0 aliphatic rings. The van der Waals surface area contributed by atoms with Crippen molar-refractivity contribution in [3.05, 3.63) is 77.2 Å². The summed E-state index contributed by atoms with van der Waals surface area (Å²) in [5.41, 5.74) is 4.90. The van der Waals surface area contributed by atoms with E-state index in [1.165, 1.54) is 17.0 Å². The molecule has 2 nitrogen and oxygen atoms in total. The molecule has 3 heteroatoms. The lowest BCUT2D eigenvalue weighted by Crippen LogP contribution is -2.05. The zero-order chi connectivity index (χ0) is 14.7. The normalized spacial score (nSPS) is 10.8. The fourth-order valence-electron chi connectivity index (χ4n) is 2.57. The molecule has 3 rings (SSSR count). The van der Waals surface area contributed by atoms with Crippen molar-refractivity contribution in [2.75, 3.05) is 0 Å². The first-order valence-electron chi connectivity index (χ1n) is 7.06. The molecule has 0 atom stereocenters. The number of nitrogens with zero attached hydrogens (tertiary/aromatic N) is 2. The maximum absolute atomic E-state index is 6.01. The molecule has 0 aliphatic heterocycles. The number of pyridine rings is 1. The molecular weight excluding hydrogens is 280 g/mol. The molecule has 106 valence electrons. The highest BCUT2D eigenvalue weighted by Crippen LogP contribution is 2.24. The molecule has 0 saturated carbocycles. The minimum Gasteiger partial charge on any atom is -0.345 e. The number of aryl methyl sites for hydroxylation is 2. The zero-order valence-corrected chi connectivity index (χ0v) is 12.7. The number of benzene rings is 1. The molecule has 0 N–H and O–H groups in total. The number of hydrogen-bond acceptors (Lipinski definition) is 1. The van der Waals surface area contributed by atoms with Crippen LogP contribution < -0.4 is 0 Å². The van der Waals surface area contributed by atoms with E-state index in [1.54, 1.807) is 6.20 Å². The number of halogens is 1. The highest BCUT2D eigenvalue weighted by Gasteiger charge is 2.08.